The van der Waals surface area contributed by atoms with Gasteiger partial charge < -0.3 is 0 Å². The van der Waals surface area contributed by atoms with Crippen molar-refractivity contribution in [2.24, 2.45) is 5.10 Å². The molecule has 0 unspecified atom stereocenters. The van der Waals surface area contributed by atoms with Gasteiger partial charge in [-0.2, -0.15) is 5.10 Å². The lowest BCUT2D eigenvalue weighted by atomic mass is 10.1. The van der Waals surface area contributed by atoms with Crippen LogP contribution in [0, 0.1) is 12.7 Å². The maximum Gasteiger partial charge on any atom is 0.263 e. The van der Waals surface area contributed by atoms with Crippen molar-refractivity contribution in [3.63, 3.8) is 0 Å². The van der Waals surface area contributed by atoms with E-state index in [1.54, 1.807) is 0 Å². The Hall–Kier alpha value is -3.65. The number of thiophene rings is 1. The Kier molecular flexibility index (Phi) is 5.49. The van der Waals surface area contributed by atoms with Crippen LogP contribution in [0.1, 0.15) is 11.1 Å². The van der Waals surface area contributed by atoms with Crippen molar-refractivity contribution in [2.75, 3.05) is 0 Å². The van der Waals surface area contributed by atoms with Crippen molar-refractivity contribution in [2.45, 2.75) is 13.5 Å². The number of hydrazone groups is 1. The zero-order chi connectivity index (χ0) is 21.1. The molecule has 0 fully saturated rings. The minimum Gasteiger partial charge on any atom is -0.289 e. The predicted molar refractivity (Wildman–Crippen MR) is 116 cm³/mol. The number of nitrogens with zero attached hydrogens (tertiary/aromatic N) is 3. The molecule has 2 heterocycles. The lowest BCUT2D eigenvalue weighted by Crippen LogP contribution is -2.30. The standard InChI is InChI=1S/C22H17FN4O2S/c1-14-2-6-16(7-3-14)18-12-30-21-20(18)22(29)27(13-24-21)11-19(28)26-25-10-15-4-8-17(23)9-5-15/h2-10,12-13H,11H2,1H3,(H,26,28). The molecule has 4 rings (SSSR count). The van der Waals surface area contributed by atoms with Crippen molar-refractivity contribution in [1.29, 1.82) is 0 Å². The number of carbonyl (C=O) groups is 1. The van der Waals surface area contributed by atoms with E-state index in [1.165, 1.54) is 52.7 Å². The van der Waals surface area contributed by atoms with Crippen LogP contribution in [0.3, 0.4) is 0 Å². The molecule has 0 aliphatic rings. The van der Waals surface area contributed by atoms with Gasteiger partial charge in [-0.25, -0.2) is 14.8 Å². The average Bonchev–Trinajstić information content (AvgIpc) is 3.17. The molecule has 0 atom stereocenters. The second-order valence-corrected chi connectivity index (χ2v) is 7.58. The third kappa shape index (κ3) is 4.18. The first-order valence-corrected chi connectivity index (χ1v) is 10.0. The summed E-state index contributed by atoms with van der Waals surface area (Å²) < 4.78 is 14.2. The number of hydrogen-bond acceptors (Lipinski definition) is 5. The van der Waals surface area contributed by atoms with E-state index in [9.17, 15) is 14.0 Å². The maximum absolute atomic E-state index is 13.0. The lowest BCUT2D eigenvalue weighted by Gasteiger charge is -2.05. The molecule has 30 heavy (non-hydrogen) atoms. The molecule has 0 spiro atoms. The van der Waals surface area contributed by atoms with Crippen molar-refractivity contribution in [3.8, 4) is 11.1 Å². The Bertz CT molecular complexity index is 1290. The molecule has 0 aliphatic carbocycles. The summed E-state index contributed by atoms with van der Waals surface area (Å²) in [5.41, 5.74) is 5.58. The molecule has 0 saturated heterocycles. The fourth-order valence-electron chi connectivity index (χ4n) is 2.94. The fourth-order valence-corrected chi connectivity index (χ4v) is 3.85. The van der Waals surface area contributed by atoms with Gasteiger partial charge in [0.15, 0.2) is 0 Å². The number of rotatable bonds is 5. The van der Waals surface area contributed by atoms with E-state index >= 15 is 0 Å². The SMILES string of the molecule is Cc1ccc(-c2csc3ncn(CC(=O)NN=Cc4ccc(F)cc4)c(=O)c23)cc1. The van der Waals surface area contributed by atoms with Crippen LogP contribution in [0.2, 0.25) is 0 Å². The second kappa shape index (κ2) is 8.38. The summed E-state index contributed by atoms with van der Waals surface area (Å²) in [6, 6.07) is 13.6. The van der Waals surface area contributed by atoms with Gasteiger partial charge >= 0.3 is 0 Å². The van der Waals surface area contributed by atoms with Gasteiger partial charge in [-0.05, 0) is 30.2 Å². The van der Waals surface area contributed by atoms with E-state index in [2.05, 4.69) is 15.5 Å². The van der Waals surface area contributed by atoms with E-state index in [0.29, 0.717) is 15.8 Å². The summed E-state index contributed by atoms with van der Waals surface area (Å²) in [6.45, 7) is 1.78. The predicted octanol–water partition coefficient (Wildman–Crippen LogP) is 3.72. The number of hydrogen-bond donors (Lipinski definition) is 1. The Morgan fingerprint density at radius 3 is 2.67 bits per heavy atom. The molecule has 0 aliphatic heterocycles. The number of fused-ring (bicyclic) bond motifs is 1. The number of benzene rings is 2. The number of aryl methyl sites for hydroxylation is 1. The number of aromatic nitrogens is 2. The van der Waals surface area contributed by atoms with Crippen LogP contribution in [0.25, 0.3) is 21.3 Å². The molecule has 1 N–H and O–H groups in total. The Balaban J connectivity index is 1.54. The summed E-state index contributed by atoms with van der Waals surface area (Å²) in [6.07, 6.45) is 2.76. The lowest BCUT2D eigenvalue weighted by molar-refractivity contribution is -0.121. The highest BCUT2D eigenvalue weighted by Gasteiger charge is 2.14. The Morgan fingerprint density at radius 2 is 1.93 bits per heavy atom. The number of halogens is 1. The molecule has 0 saturated carbocycles. The van der Waals surface area contributed by atoms with Gasteiger partial charge in [-0.1, -0.05) is 42.0 Å². The maximum atomic E-state index is 13.0. The van der Waals surface area contributed by atoms with Crippen LogP contribution >= 0.6 is 11.3 Å². The smallest absolute Gasteiger partial charge is 0.263 e. The molecular weight excluding hydrogens is 403 g/mol. The van der Waals surface area contributed by atoms with Gasteiger partial charge in [0, 0.05) is 10.9 Å². The first-order chi connectivity index (χ1) is 14.5. The summed E-state index contributed by atoms with van der Waals surface area (Å²) in [7, 11) is 0. The van der Waals surface area contributed by atoms with Gasteiger partial charge in [0.2, 0.25) is 0 Å². The van der Waals surface area contributed by atoms with Crippen LogP contribution in [-0.2, 0) is 11.3 Å². The first kappa shape index (κ1) is 19.7. The van der Waals surface area contributed by atoms with Gasteiger partial charge in [-0.15, -0.1) is 11.3 Å². The number of carbonyl (C=O) groups excluding carboxylic acids is 1. The highest BCUT2D eigenvalue weighted by molar-refractivity contribution is 7.17. The van der Waals surface area contributed by atoms with Crippen LogP contribution < -0.4 is 11.0 Å². The van der Waals surface area contributed by atoms with Crippen LogP contribution in [0.4, 0.5) is 4.39 Å². The Morgan fingerprint density at radius 1 is 1.20 bits per heavy atom. The fraction of sp³-hybridized carbons (Fsp3) is 0.0909. The molecule has 8 heteroatoms. The third-order valence-corrected chi connectivity index (χ3v) is 5.40. The minimum atomic E-state index is -0.469. The average molecular weight is 420 g/mol. The second-order valence-electron chi connectivity index (χ2n) is 6.72. The summed E-state index contributed by atoms with van der Waals surface area (Å²) in [5, 5.41) is 6.24. The largest absolute Gasteiger partial charge is 0.289 e. The van der Waals surface area contributed by atoms with E-state index in [1.807, 2.05) is 36.6 Å². The van der Waals surface area contributed by atoms with Gasteiger partial charge in [0.25, 0.3) is 11.5 Å². The zero-order valence-corrected chi connectivity index (χ0v) is 16.8. The monoisotopic (exact) mass is 420 g/mol. The van der Waals surface area contributed by atoms with Crippen LogP contribution in [-0.4, -0.2) is 21.7 Å². The topological polar surface area (TPSA) is 76.3 Å². The molecule has 4 aromatic rings. The van der Waals surface area contributed by atoms with E-state index < -0.39 is 5.91 Å². The van der Waals surface area contributed by atoms with E-state index in [0.717, 1.165) is 16.7 Å². The normalized spacial score (nSPS) is 11.3. The number of amides is 1. The highest BCUT2D eigenvalue weighted by atomic mass is 32.1. The van der Waals surface area contributed by atoms with Crippen LogP contribution in [0.15, 0.2) is 70.1 Å². The molecular formula is C22H17FN4O2S. The summed E-state index contributed by atoms with van der Waals surface area (Å²) in [4.78, 5) is 30.1. The van der Waals surface area contributed by atoms with E-state index in [4.69, 9.17) is 0 Å². The van der Waals surface area contributed by atoms with Gasteiger partial charge in [0.1, 0.15) is 17.2 Å². The molecule has 0 bridgehead atoms. The zero-order valence-electron chi connectivity index (χ0n) is 16.0. The molecule has 2 aromatic heterocycles. The highest BCUT2D eigenvalue weighted by Crippen LogP contribution is 2.30. The van der Waals surface area contributed by atoms with Crippen LogP contribution in [0.5, 0.6) is 0 Å². The summed E-state index contributed by atoms with van der Waals surface area (Å²) in [5.74, 6) is -0.819. The van der Waals surface area contributed by atoms with Gasteiger partial charge in [0.05, 0.1) is 17.9 Å². The third-order valence-electron chi connectivity index (χ3n) is 4.51. The summed E-state index contributed by atoms with van der Waals surface area (Å²) >= 11 is 1.39. The minimum absolute atomic E-state index is 0.217. The number of nitrogens with one attached hydrogen (secondary N) is 1. The molecule has 150 valence electrons. The molecule has 2 aromatic carbocycles. The van der Waals surface area contributed by atoms with Gasteiger partial charge in [-0.3, -0.25) is 14.2 Å². The Labute approximate surface area is 175 Å². The first-order valence-electron chi connectivity index (χ1n) is 9.12. The van der Waals surface area contributed by atoms with Crippen molar-refractivity contribution in [3.05, 3.63) is 87.5 Å². The van der Waals surface area contributed by atoms with Crippen molar-refractivity contribution < 1.29 is 9.18 Å². The van der Waals surface area contributed by atoms with Crippen molar-refractivity contribution >= 4 is 33.7 Å². The molecule has 1 amide bonds. The molecule has 6 nitrogen and oxygen atoms in total. The molecule has 0 radical (unpaired) electrons. The van der Waals surface area contributed by atoms with Crippen molar-refractivity contribution in [1.82, 2.24) is 15.0 Å². The van der Waals surface area contributed by atoms with E-state index in [-0.39, 0.29) is 17.9 Å². The quantitative estimate of drug-likeness (QED) is 0.395.